The number of halogens is 1. The first-order valence-electron chi connectivity index (χ1n) is 3.65. The molecule has 0 saturated carbocycles. The number of methoxy groups -OCH3 is 1. The number of hydrogen-bond donors (Lipinski definition) is 0. The maximum atomic E-state index is 10.6. The van der Waals surface area contributed by atoms with E-state index in [1.165, 1.54) is 6.92 Å². The molecule has 0 radical (unpaired) electrons. The van der Waals surface area contributed by atoms with Gasteiger partial charge in [0.2, 0.25) is 0 Å². The molecule has 0 unspecified atom stereocenters. The fourth-order valence-electron chi connectivity index (χ4n) is 0.846. The molecule has 1 aromatic carbocycles. The summed E-state index contributed by atoms with van der Waals surface area (Å²) in [6.45, 7) is 1.36. The van der Waals surface area contributed by atoms with E-state index in [9.17, 15) is 4.79 Å². The highest BCUT2D eigenvalue weighted by molar-refractivity contribution is 9.10. The maximum Gasteiger partial charge on any atom is 0.308 e. The molecule has 0 aliphatic rings. The van der Waals surface area contributed by atoms with Crippen LogP contribution in [0.1, 0.15) is 6.92 Å². The Labute approximate surface area is 84.8 Å². The summed E-state index contributed by atoms with van der Waals surface area (Å²) in [4.78, 5) is 10.6. The van der Waals surface area contributed by atoms with E-state index in [0.29, 0.717) is 16.0 Å². The van der Waals surface area contributed by atoms with Gasteiger partial charge in [0.15, 0.2) is 0 Å². The van der Waals surface area contributed by atoms with Gasteiger partial charge in [0, 0.05) is 6.92 Å². The Kier molecular flexibility index (Phi) is 3.31. The minimum Gasteiger partial charge on any atom is -0.497 e. The van der Waals surface area contributed by atoms with Gasteiger partial charge in [0.1, 0.15) is 11.5 Å². The van der Waals surface area contributed by atoms with Crippen molar-refractivity contribution in [1.82, 2.24) is 0 Å². The summed E-state index contributed by atoms with van der Waals surface area (Å²) in [7, 11) is 1.58. The number of carbonyl (C=O) groups excluding carboxylic acids is 1. The molecular weight excluding hydrogens is 236 g/mol. The average Bonchev–Trinajstić information content (AvgIpc) is 2.08. The summed E-state index contributed by atoms with van der Waals surface area (Å²) in [5.74, 6) is 0.863. The average molecular weight is 245 g/mol. The zero-order valence-corrected chi connectivity index (χ0v) is 8.92. The molecular formula is C9H9BrO3. The van der Waals surface area contributed by atoms with Gasteiger partial charge >= 0.3 is 5.97 Å². The van der Waals surface area contributed by atoms with Gasteiger partial charge in [0.05, 0.1) is 11.6 Å². The molecule has 0 atom stereocenters. The third kappa shape index (κ3) is 2.73. The molecule has 0 aromatic heterocycles. The summed E-state index contributed by atoms with van der Waals surface area (Å²) in [5, 5.41) is 0. The molecule has 70 valence electrons. The highest BCUT2D eigenvalue weighted by Gasteiger charge is 2.04. The number of hydrogen-bond acceptors (Lipinski definition) is 3. The molecule has 0 aliphatic heterocycles. The summed E-state index contributed by atoms with van der Waals surface area (Å²) in [5.41, 5.74) is 0. The zero-order valence-electron chi connectivity index (χ0n) is 7.33. The van der Waals surface area contributed by atoms with Crippen molar-refractivity contribution in [2.45, 2.75) is 6.92 Å². The van der Waals surface area contributed by atoms with Crippen LogP contribution in [-0.4, -0.2) is 13.1 Å². The lowest BCUT2D eigenvalue weighted by Gasteiger charge is -2.05. The molecule has 4 heteroatoms. The fraction of sp³-hybridized carbons (Fsp3) is 0.222. The van der Waals surface area contributed by atoms with Crippen LogP contribution < -0.4 is 9.47 Å². The van der Waals surface area contributed by atoms with Gasteiger partial charge in [-0.3, -0.25) is 4.79 Å². The first kappa shape index (κ1) is 10.1. The van der Waals surface area contributed by atoms with E-state index in [1.807, 2.05) is 0 Å². The third-order valence-corrected chi connectivity index (χ3v) is 2.01. The van der Waals surface area contributed by atoms with Gasteiger partial charge in [-0.05, 0) is 34.1 Å². The topological polar surface area (TPSA) is 35.5 Å². The van der Waals surface area contributed by atoms with Crippen molar-refractivity contribution in [1.29, 1.82) is 0 Å². The van der Waals surface area contributed by atoms with Gasteiger partial charge < -0.3 is 9.47 Å². The lowest BCUT2D eigenvalue weighted by molar-refractivity contribution is -0.131. The van der Waals surface area contributed by atoms with Crippen molar-refractivity contribution in [3.8, 4) is 11.5 Å². The molecule has 0 spiro atoms. The van der Waals surface area contributed by atoms with Crippen LogP contribution >= 0.6 is 15.9 Å². The maximum absolute atomic E-state index is 10.6. The minimum atomic E-state index is -0.342. The minimum absolute atomic E-state index is 0.342. The van der Waals surface area contributed by atoms with E-state index in [-0.39, 0.29) is 5.97 Å². The first-order chi connectivity index (χ1) is 6.13. The Morgan fingerprint density at radius 1 is 1.46 bits per heavy atom. The monoisotopic (exact) mass is 244 g/mol. The van der Waals surface area contributed by atoms with Crippen molar-refractivity contribution in [3.63, 3.8) is 0 Å². The molecule has 1 aromatic rings. The zero-order chi connectivity index (χ0) is 9.84. The lowest BCUT2D eigenvalue weighted by Crippen LogP contribution is -2.01. The SMILES string of the molecule is COc1ccc(OC(C)=O)c(Br)c1. The number of carbonyl (C=O) groups is 1. The van der Waals surface area contributed by atoms with E-state index in [0.717, 1.165) is 0 Å². The summed E-state index contributed by atoms with van der Waals surface area (Å²) < 4.78 is 10.6. The Morgan fingerprint density at radius 2 is 2.15 bits per heavy atom. The number of benzene rings is 1. The second kappa shape index (κ2) is 4.28. The summed E-state index contributed by atoms with van der Waals surface area (Å²) in [6.07, 6.45) is 0. The van der Waals surface area contributed by atoms with Gasteiger partial charge in [-0.2, -0.15) is 0 Å². The lowest BCUT2D eigenvalue weighted by atomic mass is 10.3. The normalized spacial score (nSPS) is 9.46. The van der Waals surface area contributed by atoms with Crippen LogP contribution in [-0.2, 0) is 4.79 Å². The number of esters is 1. The van der Waals surface area contributed by atoms with Gasteiger partial charge in [-0.25, -0.2) is 0 Å². The van der Waals surface area contributed by atoms with E-state index in [4.69, 9.17) is 9.47 Å². The highest BCUT2D eigenvalue weighted by Crippen LogP contribution is 2.28. The van der Waals surface area contributed by atoms with Gasteiger partial charge in [-0.1, -0.05) is 0 Å². The van der Waals surface area contributed by atoms with Crippen molar-refractivity contribution >= 4 is 21.9 Å². The molecule has 3 nitrogen and oxygen atoms in total. The summed E-state index contributed by atoms with van der Waals surface area (Å²) in [6, 6.07) is 5.13. The second-order valence-electron chi connectivity index (χ2n) is 2.39. The van der Waals surface area contributed by atoms with Crippen LogP contribution in [0.5, 0.6) is 11.5 Å². The molecule has 13 heavy (non-hydrogen) atoms. The Morgan fingerprint density at radius 3 is 2.62 bits per heavy atom. The van der Waals surface area contributed by atoms with Gasteiger partial charge in [-0.15, -0.1) is 0 Å². The molecule has 0 heterocycles. The smallest absolute Gasteiger partial charge is 0.308 e. The molecule has 0 bridgehead atoms. The standard InChI is InChI=1S/C9H9BrO3/c1-6(11)13-9-4-3-7(12-2)5-8(9)10/h3-5H,1-2H3. The number of rotatable bonds is 2. The van der Waals surface area contributed by atoms with Crippen LogP contribution in [0.15, 0.2) is 22.7 Å². The van der Waals surface area contributed by atoms with Crippen molar-refractivity contribution < 1.29 is 14.3 Å². The van der Waals surface area contributed by atoms with Crippen LogP contribution in [0, 0.1) is 0 Å². The highest BCUT2D eigenvalue weighted by atomic mass is 79.9. The van der Waals surface area contributed by atoms with Crippen LogP contribution in [0.4, 0.5) is 0 Å². The predicted molar refractivity (Wildman–Crippen MR) is 52.0 cm³/mol. The molecule has 0 fully saturated rings. The molecule has 0 aliphatic carbocycles. The van der Waals surface area contributed by atoms with Gasteiger partial charge in [0.25, 0.3) is 0 Å². The van der Waals surface area contributed by atoms with E-state index < -0.39 is 0 Å². The second-order valence-corrected chi connectivity index (χ2v) is 3.24. The van der Waals surface area contributed by atoms with E-state index in [1.54, 1.807) is 25.3 Å². The quantitative estimate of drug-likeness (QED) is 0.592. The molecule has 0 saturated heterocycles. The van der Waals surface area contributed by atoms with E-state index in [2.05, 4.69) is 15.9 Å². The summed E-state index contributed by atoms with van der Waals surface area (Å²) >= 11 is 3.26. The van der Waals surface area contributed by atoms with Crippen molar-refractivity contribution in [2.24, 2.45) is 0 Å². The molecule has 0 N–H and O–H groups in total. The molecule has 1 rings (SSSR count). The first-order valence-corrected chi connectivity index (χ1v) is 4.44. The fourth-order valence-corrected chi connectivity index (χ4v) is 1.28. The Balaban J connectivity index is 2.91. The molecule has 0 amide bonds. The van der Waals surface area contributed by atoms with E-state index >= 15 is 0 Å². The Bertz CT molecular complexity index is 323. The largest absolute Gasteiger partial charge is 0.497 e. The van der Waals surface area contributed by atoms with Crippen LogP contribution in [0.25, 0.3) is 0 Å². The Hall–Kier alpha value is -1.03. The van der Waals surface area contributed by atoms with Crippen molar-refractivity contribution in [3.05, 3.63) is 22.7 Å². The van der Waals surface area contributed by atoms with Crippen molar-refractivity contribution in [2.75, 3.05) is 7.11 Å². The van der Waals surface area contributed by atoms with Crippen LogP contribution in [0.3, 0.4) is 0 Å². The third-order valence-electron chi connectivity index (χ3n) is 1.39. The van der Waals surface area contributed by atoms with Crippen LogP contribution in [0.2, 0.25) is 0 Å². The predicted octanol–water partition coefficient (Wildman–Crippen LogP) is 2.38. The number of ether oxygens (including phenoxy) is 2.